The number of benzene rings is 2. The minimum Gasteiger partial charge on any atom is -1.00 e. The van der Waals surface area contributed by atoms with Crippen LogP contribution in [0.4, 0.5) is 0 Å². The SMILES string of the molecule is COc1ccc(COC(=O)C2=C([C@@H]3CC[N+](C)(C)O3)CSC3C(NC(=O)Cc4ccccc4)C(=O)N23)cc1.[I-]. The predicted molar refractivity (Wildman–Crippen MR) is 141 cm³/mol. The number of carbonyl (C=O) groups is 3. The van der Waals surface area contributed by atoms with Crippen LogP contribution < -0.4 is 34.0 Å². The Hall–Kier alpha value is -2.61. The Balaban J connectivity index is 0.00000353. The van der Waals surface area contributed by atoms with Gasteiger partial charge >= 0.3 is 5.97 Å². The standard InChI is InChI=1S/C28H31N3O6S.HI/c1-31(2)14-13-22(37-31)21-17-38-27-24(29-23(32)15-18-7-5-4-6-8-18)26(33)30(27)25(21)28(34)36-16-19-9-11-20(35-3)12-10-19;/h4-12,22,24,27H,13-17H2,1-3H3;1H/t22-,24?,27?;/m0./s1. The van der Waals surface area contributed by atoms with Crippen molar-refractivity contribution in [3.8, 4) is 5.75 Å². The van der Waals surface area contributed by atoms with Crippen molar-refractivity contribution in [2.45, 2.75) is 37.0 Å². The summed E-state index contributed by atoms with van der Waals surface area (Å²) in [6.07, 6.45) is 0.631. The zero-order valence-corrected chi connectivity index (χ0v) is 25.1. The molecule has 3 aliphatic heterocycles. The zero-order valence-electron chi connectivity index (χ0n) is 22.1. The second-order valence-electron chi connectivity index (χ2n) is 10.1. The van der Waals surface area contributed by atoms with Crippen LogP contribution in [0.1, 0.15) is 17.5 Å². The van der Waals surface area contributed by atoms with E-state index in [9.17, 15) is 14.4 Å². The number of halogens is 1. The molecule has 0 radical (unpaired) electrons. The number of methoxy groups -OCH3 is 1. The van der Waals surface area contributed by atoms with E-state index in [2.05, 4.69) is 5.32 Å². The van der Waals surface area contributed by atoms with Gasteiger partial charge in [0.05, 0.1) is 27.6 Å². The second kappa shape index (κ2) is 12.3. The summed E-state index contributed by atoms with van der Waals surface area (Å²) in [6.45, 7) is 0.853. The van der Waals surface area contributed by atoms with Crippen LogP contribution >= 0.6 is 11.8 Å². The maximum Gasteiger partial charge on any atom is 0.355 e. The van der Waals surface area contributed by atoms with Crippen LogP contribution in [0, 0.1) is 0 Å². The fraction of sp³-hybridized carbons (Fsp3) is 0.393. The number of carbonyl (C=O) groups excluding carboxylic acids is 3. The molecule has 3 aliphatic rings. The largest absolute Gasteiger partial charge is 1.00 e. The average Bonchev–Trinajstić information content (AvgIpc) is 3.29. The molecule has 1 N–H and O–H groups in total. The molecule has 0 spiro atoms. The summed E-state index contributed by atoms with van der Waals surface area (Å²) in [6, 6.07) is 15.9. The number of fused-ring (bicyclic) bond motifs is 1. The van der Waals surface area contributed by atoms with E-state index < -0.39 is 12.0 Å². The molecule has 0 bridgehead atoms. The number of quaternary nitrogens is 1. The first-order valence-corrected chi connectivity index (χ1v) is 13.6. The lowest BCUT2D eigenvalue weighted by atomic mass is 9.99. The van der Waals surface area contributed by atoms with E-state index in [0.717, 1.165) is 29.7 Å². The lowest BCUT2D eigenvalue weighted by Crippen LogP contribution is -3.00. The first-order chi connectivity index (χ1) is 18.3. The number of nitrogens with one attached hydrogen (secondary N) is 1. The van der Waals surface area contributed by atoms with E-state index in [1.807, 2.05) is 56.6 Å². The first-order valence-electron chi connectivity index (χ1n) is 12.6. The Kier molecular flexibility index (Phi) is 9.25. The molecular formula is C28H32IN3O6S. The van der Waals surface area contributed by atoms with Gasteiger partial charge in [-0.25, -0.2) is 4.79 Å². The smallest absolute Gasteiger partial charge is 0.355 e. The van der Waals surface area contributed by atoms with E-state index in [1.165, 1.54) is 16.7 Å². The highest BCUT2D eigenvalue weighted by atomic mass is 127. The van der Waals surface area contributed by atoms with Crippen LogP contribution in [0.15, 0.2) is 65.9 Å². The Labute approximate surface area is 249 Å². The number of hydrogen-bond donors (Lipinski definition) is 1. The highest BCUT2D eigenvalue weighted by Gasteiger charge is 2.56. The minimum absolute atomic E-state index is 0. The lowest BCUT2D eigenvalue weighted by molar-refractivity contribution is -1.06. The van der Waals surface area contributed by atoms with Gasteiger partial charge < -0.3 is 38.8 Å². The summed E-state index contributed by atoms with van der Waals surface area (Å²) < 4.78 is 11.3. The topological polar surface area (TPSA) is 94.2 Å². The van der Waals surface area contributed by atoms with Crippen molar-refractivity contribution in [1.29, 1.82) is 0 Å². The fourth-order valence-corrected chi connectivity index (χ4v) is 6.35. The number of hydroxylamine groups is 3. The van der Waals surface area contributed by atoms with Crippen LogP contribution in [-0.2, 0) is 37.0 Å². The van der Waals surface area contributed by atoms with Gasteiger partial charge in [-0.1, -0.05) is 42.5 Å². The molecular weight excluding hydrogens is 633 g/mol. The Bertz CT molecular complexity index is 1250. The Morgan fingerprint density at radius 2 is 1.82 bits per heavy atom. The average molecular weight is 666 g/mol. The van der Waals surface area contributed by atoms with Crippen LogP contribution in [-0.4, -0.2) is 78.4 Å². The highest BCUT2D eigenvalue weighted by Crippen LogP contribution is 2.43. The molecule has 2 fully saturated rings. The quantitative estimate of drug-likeness (QED) is 0.175. The van der Waals surface area contributed by atoms with Gasteiger partial charge in [-0.2, -0.15) is 9.48 Å². The lowest BCUT2D eigenvalue weighted by Gasteiger charge is -2.50. The van der Waals surface area contributed by atoms with E-state index in [1.54, 1.807) is 19.2 Å². The third-order valence-corrected chi connectivity index (χ3v) is 8.28. The first kappa shape index (κ1) is 29.4. The molecule has 11 heteroatoms. The number of esters is 1. The molecule has 0 aromatic heterocycles. The summed E-state index contributed by atoms with van der Waals surface area (Å²) in [7, 11) is 5.52. The summed E-state index contributed by atoms with van der Waals surface area (Å²) in [5, 5.41) is 2.49. The molecule has 2 aromatic carbocycles. The molecule has 2 amide bonds. The van der Waals surface area contributed by atoms with Crippen molar-refractivity contribution < 1.29 is 57.3 Å². The number of thioether (sulfide) groups is 1. The van der Waals surface area contributed by atoms with Crippen molar-refractivity contribution in [2.75, 3.05) is 33.5 Å². The summed E-state index contributed by atoms with van der Waals surface area (Å²) in [5.41, 5.74) is 2.68. The highest BCUT2D eigenvalue weighted by molar-refractivity contribution is 8.00. The summed E-state index contributed by atoms with van der Waals surface area (Å²) in [4.78, 5) is 47.2. The number of amides is 2. The van der Waals surface area contributed by atoms with Crippen LogP contribution in [0.3, 0.4) is 0 Å². The maximum atomic E-state index is 13.5. The van der Waals surface area contributed by atoms with Gasteiger partial charge in [0.25, 0.3) is 5.91 Å². The van der Waals surface area contributed by atoms with Gasteiger partial charge in [-0.15, -0.1) is 11.8 Å². The normalized spacial score (nSPS) is 23.3. The molecule has 3 heterocycles. The van der Waals surface area contributed by atoms with Crippen molar-refractivity contribution in [1.82, 2.24) is 10.2 Å². The van der Waals surface area contributed by atoms with Crippen molar-refractivity contribution in [3.63, 3.8) is 0 Å². The van der Waals surface area contributed by atoms with Crippen LogP contribution in [0.5, 0.6) is 5.75 Å². The minimum atomic E-state index is -0.695. The molecule has 208 valence electrons. The Morgan fingerprint density at radius 3 is 2.46 bits per heavy atom. The van der Waals surface area contributed by atoms with Gasteiger partial charge in [0.2, 0.25) is 5.91 Å². The van der Waals surface area contributed by atoms with Gasteiger partial charge in [0.15, 0.2) is 0 Å². The Morgan fingerprint density at radius 1 is 1.10 bits per heavy atom. The van der Waals surface area contributed by atoms with Crippen molar-refractivity contribution in [2.24, 2.45) is 0 Å². The summed E-state index contributed by atoms with van der Waals surface area (Å²) >= 11 is 1.53. The third-order valence-electron chi connectivity index (χ3n) is 6.98. The maximum absolute atomic E-state index is 13.5. The molecule has 5 rings (SSSR count). The third kappa shape index (κ3) is 6.42. The fourth-order valence-electron chi connectivity index (χ4n) is 4.94. The molecule has 9 nitrogen and oxygen atoms in total. The van der Waals surface area contributed by atoms with Crippen LogP contribution in [0.25, 0.3) is 0 Å². The number of ether oxygens (including phenoxy) is 2. The van der Waals surface area contributed by atoms with Crippen molar-refractivity contribution >= 4 is 29.5 Å². The molecule has 3 atom stereocenters. The summed E-state index contributed by atoms with van der Waals surface area (Å²) in [5.74, 6) is 0.111. The molecule has 2 aromatic rings. The number of nitrogens with zero attached hydrogens (tertiary/aromatic N) is 2. The van der Waals surface area contributed by atoms with Gasteiger partial charge in [-0.3, -0.25) is 14.5 Å². The van der Waals surface area contributed by atoms with Gasteiger partial charge in [0.1, 0.15) is 42.1 Å². The van der Waals surface area contributed by atoms with Crippen LogP contribution in [0.2, 0.25) is 0 Å². The number of β-lactam (4-membered cyclic amide) rings is 1. The molecule has 0 aliphatic carbocycles. The monoisotopic (exact) mass is 665 g/mol. The van der Waals surface area contributed by atoms with Gasteiger partial charge in [-0.05, 0) is 23.3 Å². The molecule has 2 unspecified atom stereocenters. The van der Waals surface area contributed by atoms with E-state index in [4.69, 9.17) is 14.3 Å². The van der Waals surface area contributed by atoms with E-state index in [0.29, 0.717) is 16.1 Å². The molecule has 2 saturated heterocycles. The second-order valence-corrected chi connectivity index (χ2v) is 11.2. The van der Waals surface area contributed by atoms with Crippen molar-refractivity contribution in [3.05, 3.63) is 77.0 Å². The molecule has 39 heavy (non-hydrogen) atoms. The van der Waals surface area contributed by atoms with E-state index in [-0.39, 0.29) is 66.0 Å². The van der Waals surface area contributed by atoms with E-state index >= 15 is 0 Å². The number of hydrogen-bond acceptors (Lipinski definition) is 7. The number of rotatable bonds is 8. The predicted octanol–water partition coefficient (Wildman–Crippen LogP) is -0.581. The van der Waals surface area contributed by atoms with Gasteiger partial charge in [0, 0.05) is 17.7 Å². The zero-order chi connectivity index (χ0) is 26.9. The molecule has 0 saturated carbocycles.